The van der Waals surface area contributed by atoms with Gasteiger partial charge in [-0.1, -0.05) is 0 Å². The maximum atomic E-state index is 11.8. The molecule has 2 aromatic rings. The minimum atomic E-state index is -0.834. The lowest BCUT2D eigenvalue weighted by Gasteiger charge is -2.16. The quantitative estimate of drug-likeness (QED) is 0.731. The van der Waals surface area contributed by atoms with Crippen LogP contribution in [-0.2, 0) is 13.5 Å². The molecule has 0 fully saturated rings. The normalized spacial score (nSPS) is 13.6. The molecular formula is C16H23N3O3. The van der Waals surface area contributed by atoms with Gasteiger partial charge in [-0.2, -0.15) is 0 Å². The summed E-state index contributed by atoms with van der Waals surface area (Å²) in [6, 6.07) is 7.22. The number of furan rings is 1. The van der Waals surface area contributed by atoms with Crippen LogP contribution < -0.4 is 10.6 Å². The molecule has 0 aliphatic rings. The Labute approximate surface area is 130 Å². The van der Waals surface area contributed by atoms with Crippen molar-refractivity contribution in [3.05, 3.63) is 48.2 Å². The van der Waals surface area contributed by atoms with Crippen molar-refractivity contribution in [2.45, 2.75) is 31.9 Å². The highest BCUT2D eigenvalue weighted by Crippen LogP contribution is 2.11. The number of hydrogen-bond donors (Lipinski definition) is 3. The van der Waals surface area contributed by atoms with Crippen LogP contribution in [-0.4, -0.2) is 28.3 Å². The van der Waals surface area contributed by atoms with E-state index in [4.69, 9.17) is 4.42 Å². The summed E-state index contributed by atoms with van der Waals surface area (Å²) in [6.45, 7) is 2.08. The highest BCUT2D eigenvalue weighted by Gasteiger charge is 2.13. The smallest absolute Gasteiger partial charge is 0.315 e. The zero-order valence-electron chi connectivity index (χ0n) is 13.0. The molecule has 22 heavy (non-hydrogen) atoms. The van der Waals surface area contributed by atoms with Crippen LogP contribution in [0, 0.1) is 0 Å². The molecule has 0 aromatic carbocycles. The Balaban J connectivity index is 1.67. The number of urea groups is 1. The number of rotatable bonds is 7. The monoisotopic (exact) mass is 305 g/mol. The second kappa shape index (κ2) is 7.70. The third kappa shape index (κ3) is 4.66. The highest BCUT2D eigenvalue weighted by molar-refractivity contribution is 5.74. The third-order valence-electron chi connectivity index (χ3n) is 3.59. The molecule has 120 valence electrons. The Kier molecular flexibility index (Phi) is 5.66. The van der Waals surface area contributed by atoms with E-state index < -0.39 is 6.10 Å². The first-order valence-electron chi connectivity index (χ1n) is 7.42. The van der Waals surface area contributed by atoms with Crippen molar-refractivity contribution in [3.63, 3.8) is 0 Å². The van der Waals surface area contributed by atoms with Crippen molar-refractivity contribution in [1.82, 2.24) is 15.2 Å². The molecule has 0 spiro atoms. The van der Waals surface area contributed by atoms with Crippen LogP contribution in [0.5, 0.6) is 0 Å². The second-order valence-electron chi connectivity index (χ2n) is 5.44. The molecule has 2 heterocycles. The lowest BCUT2D eigenvalue weighted by molar-refractivity contribution is 0.147. The number of carbonyl (C=O) groups is 1. The van der Waals surface area contributed by atoms with Crippen LogP contribution in [0.3, 0.4) is 0 Å². The number of aliphatic hydroxyl groups is 1. The van der Waals surface area contributed by atoms with Crippen LogP contribution >= 0.6 is 0 Å². The molecule has 0 radical (unpaired) electrons. The SMILES string of the molecule is CC(CCc1cccn1C)NC(=O)NCC(O)c1ccco1. The van der Waals surface area contributed by atoms with Gasteiger partial charge in [0.05, 0.1) is 12.8 Å². The fraction of sp³-hybridized carbons (Fsp3) is 0.438. The number of nitrogens with one attached hydrogen (secondary N) is 2. The topological polar surface area (TPSA) is 79.4 Å². The number of carbonyl (C=O) groups excluding carboxylic acids is 1. The van der Waals surface area contributed by atoms with Crippen molar-refractivity contribution in [3.8, 4) is 0 Å². The predicted molar refractivity (Wildman–Crippen MR) is 83.4 cm³/mol. The number of amides is 2. The lowest BCUT2D eigenvalue weighted by atomic mass is 10.1. The molecule has 3 N–H and O–H groups in total. The first kappa shape index (κ1) is 16.2. The standard InChI is InChI=1S/C16H23N3O3/c1-12(7-8-13-5-3-9-19(13)2)18-16(21)17-11-14(20)15-6-4-10-22-15/h3-6,9-10,12,14,20H,7-8,11H2,1-2H3,(H2,17,18,21). The van der Waals surface area contributed by atoms with Gasteiger partial charge in [-0.15, -0.1) is 0 Å². The van der Waals surface area contributed by atoms with E-state index in [1.54, 1.807) is 12.1 Å². The lowest BCUT2D eigenvalue weighted by Crippen LogP contribution is -2.42. The average molecular weight is 305 g/mol. The molecule has 2 rings (SSSR count). The van der Waals surface area contributed by atoms with Crippen LogP contribution in [0.1, 0.15) is 30.9 Å². The molecule has 2 aromatic heterocycles. The number of aliphatic hydroxyl groups excluding tert-OH is 1. The molecule has 0 aliphatic carbocycles. The Morgan fingerprint density at radius 1 is 1.41 bits per heavy atom. The third-order valence-corrected chi connectivity index (χ3v) is 3.59. The van der Waals surface area contributed by atoms with Crippen molar-refractivity contribution < 1.29 is 14.3 Å². The maximum absolute atomic E-state index is 11.8. The van der Waals surface area contributed by atoms with Crippen molar-refractivity contribution in [1.29, 1.82) is 0 Å². The molecule has 0 bridgehead atoms. The number of hydrogen-bond acceptors (Lipinski definition) is 3. The zero-order chi connectivity index (χ0) is 15.9. The summed E-state index contributed by atoms with van der Waals surface area (Å²) in [5, 5.41) is 15.3. The van der Waals surface area contributed by atoms with Crippen LogP contribution in [0.15, 0.2) is 41.1 Å². The van der Waals surface area contributed by atoms with E-state index in [9.17, 15) is 9.90 Å². The van der Waals surface area contributed by atoms with Crippen molar-refractivity contribution in [2.75, 3.05) is 6.54 Å². The minimum Gasteiger partial charge on any atom is -0.467 e. The molecule has 6 heteroatoms. The van der Waals surface area contributed by atoms with Gasteiger partial charge >= 0.3 is 6.03 Å². The molecule has 0 saturated carbocycles. The number of nitrogens with zero attached hydrogens (tertiary/aromatic N) is 1. The first-order valence-corrected chi connectivity index (χ1v) is 7.42. The van der Waals surface area contributed by atoms with Gasteiger partial charge in [0.25, 0.3) is 0 Å². The Morgan fingerprint density at radius 2 is 2.23 bits per heavy atom. The summed E-state index contributed by atoms with van der Waals surface area (Å²) >= 11 is 0. The summed E-state index contributed by atoms with van der Waals surface area (Å²) in [7, 11) is 2.01. The zero-order valence-corrected chi connectivity index (χ0v) is 13.0. The Morgan fingerprint density at radius 3 is 2.86 bits per heavy atom. The summed E-state index contributed by atoms with van der Waals surface area (Å²) < 4.78 is 7.15. The van der Waals surface area contributed by atoms with Gasteiger partial charge < -0.3 is 24.7 Å². The maximum Gasteiger partial charge on any atom is 0.315 e. The Bertz CT molecular complexity index is 577. The Hall–Kier alpha value is -2.21. The molecule has 6 nitrogen and oxygen atoms in total. The highest BCUT2D eigenvalue weighted by atomic mass is 16.4. The molecule has 2 atom stereocenters. The molecule has 0 aliphatic heterocycles. The molecular weight excluding hydrogens is 282 g/mol. The fourth-order valence-corrected chi connectivity index (χ4v) is 2.24. The summed E-state index contributed by atoms with van der Waals surface area (Å²) in [6.07, 6.45) is 4.42. The molecule has 2 unspecified atom stereocenters. The van der Waals surface area contributed by atoms with Gasteiger partial charge in [0.2, 0.25) is 0 Å². The van der Waals surface area contributed by atoms with E-state index >= 15 is 0 Å². The first-order chi connectivity index (χ1) is 10.6. The van der Waals surface area contributed by atoms with Crippen molar-refractivity contribution in [2.24, 2.45) is 7.05 Å². The predicted octanol–water partition coefficient (Wildman–Crippen LogP) is 1.97. The van der Waals surface area contributed by atoms with E-state index in [2.05, 4.69) is 21.3 Å². The molecule has 0 saturated heterocycles. The minimum absolute atomic E-state index is 0.0515. The van der Waals surface area contributed by atoms with Crippen molar-refractivity contribution >= 4 is 6.03 Å². The van der Waals surface area contributed by atoms with Crippen LogP contribution in [0.4, 0.5) is 4.79 Å². The fourth-order valence-electron chi connectivity index (χ4n) is 2.24. The van der Waals surface area contributed by atoms with Gasteiger partial charge in [0.1, 0.15) is 11.9 Å². The average Bonchev–Trinajstić information content (AvgIpc) is 3.14. The van der Waals surface area contributed by atoms with Gasteiger partial charge in [-0.25, -0.2) is 4.79 Å². The van der Waals surface area contributed by atoms with Gasteiger partial charge in [-0.05, 0) is 44.0 Å². The van der Waals surface area contributed by atoms with Gasteiger partial charge in [0.15, 0.2) is 0 Å². The summed E-state index contributed by atoms with van der Waals surface area (Å²) in [5.41, 5.74) is 1.24. The van der Waals surface area contributed by atoms with Gasteiger partial charge in [0, 0.05) is 25.0 Å². The van der Waals surface area contributed by atoms with Crippen LogP contribution in [0.2, 0.25) is 0 Å². The van der Waals surface area contributed by atoms with E-state index in [0.717, 1.165) is 12.8 Å². The second-order valence-corrected chi connectivity index (χ2v) is 5.44. The summed E-state index contributed by atoms with van der Waals surface area (Å²) in [4.78, 5) is 11.8. The van der Waals surface area contributed by atoms with Crippen LogP contribution in [0.25, 0.3) is 0 Å². The largest absolute Gasteiger partial charge is 0.467 e. The van der Waals surface area contributed by atoms with E-state index in [-0.39, 0.29) is 18.6 Å². The van der Waals surface area contributed by atoms with E-state index in [0.29, 0.717) is 5.76 Å². The van der Waals surface area contributed by atoms with E-state index in [1.165, 1.54) is 12.0 Å². The van der Waals surface area contributed by atoms with E-state index in [1.807, 2.05) is 26.2 Å². The number of aromatic nitrogens is 1. The molecule has 2 amide bonds. The summed E-state index contributed by atoms with van der Waals surface area (Å²) in [5.74, 6) is 0.442. The number of aryl methyl sites for hydroxylation is 2. The van der Waals surface area contributed by atoms with Gasteiger partial charge in [-0.3, -0.25) is 0 Å².